The van der Waals surface area contributed by atoms with Gasteiger partial charge in [0.15, 0.2) is 5.16 Å². The monoisotopic (exact) mass is 251 g/mol. The molecule has 0 aliphatic rings. The molecule has 17 heavy (non-hydrogen) atoms. The van der Waals surface area contributed by atoms with Gasteiger partial charge in [-0.15, -0.1) is 0 Å². The Hall–Kier alpha value is -0.950. The van der Waals surface area contributed by atoms with Gasteiger partial charge in [0.2, 0.25) is 0 Å². The van der Waals surface area contributed by atoms with E-state index in [4.69, 9.17) is 5.26 Å². The highest BCUT2D eigenvalue weighted by molar-refractivity contribution is 7.99. The maximum absolute atomic E-state index is 8.51. The standard InChI is InChI=1S/C13H21N3S/c1-10(2)9-16-12(4)11(3)15-13(16)17-8-6-5-7-14/h10H,5-6,8-9H2,1-4H3. The normalized spacial score (nSPS) is 10.8. The molecule has 0 saturated carbocycles. The van der Waals surface area contributed by atoms with Gasteiger partial charge in [-0.05, 0) is 26.2 Å². The van der Waals surface area contributed by atoms with E-state index in [1.165, 1.54) is 5.69 Å². The fraction of sp³-hybridized carbons (Fsp3) is 0.692. The van der Waals surface area contributed by atoms with Crippen LogP contribution in [0, 0.1) is 31.1 Å². The lowest BCUT2D eigenvalue weighted by atomic mass is 10.2. The number of nitriles is 1. The molecule has 1 aromatic rings. The summed E-state index contributed by atoms with van der Waals surface area (Å²) in [7, 11) is 0. The molecule has 1 aromatic heterocycles. The number of aryl methyl sites for hydroxylation is 1. The molecule has 0 unspecified atom stereocenters. The van der Waals surface area contributed by atoms with Crippen LogP contribution in [0.3, 0.4) is 0 Å². The molecule has 0 aliphatic carbocycles. The van der Waals surface area contributed by atoms with Gasteiger partial charge in [0.25, 0.3) is 0 Å². The van der Waals surface area contributed by atoms with E-state index < -0.39 is 0 Å². The first-order valence-electron chi connectivity index (χ1n) is 6.09. The van der Waals surface area contributed by atoms with Crippen molar-refractivity contribution in [2.24, 2.45) is 5.92 Å². The Kier molecular flexibility index (Phi) is 5.57. The molecule has 3 nitrogen and oxygen atoms in total. The largest absolute Gasteiger partial charge is 0.323 e. The Balaban J connectivity index is 2.70. The highest BCUT2D eigenvalue weighted by Gasteiger charge is 2.12. The molecule has 0 radical (unpaired) electrons. The van der Waals surface area contributed by atoms with E-state index in [-0.39, 0.29) is 0 Å². The summed E-state index contributed by atoms with van der Waals surface area (Å²) in [6.07, 6.45) is 1.57. The van der Waals surface area contributed by atoms with Crippen LogP contribution in [0.4, 0.5) is 0 Å². The SMILES string of the molecule is Cc1nc(SCCCC#N)n(CC(C)C)c1C. The zero-order valence-electron chi connectivity index (χ0n) is 11.2. The third-order valence-electron chi connectivity index (χ3n) is 2.63. The molecule has 94 valence electrons. The van der Waals surface area contributed by atoms with E-state index in [1.54, 1.807) is 11.8 Å². The minimum atomic E-state index is 0.626. The molecule has 0 saturated heterocycles. The molecular formula is C13H21N3S. The van der Waals surface area contributed by atoms with Crippen LogP contribution in [0.2, 0.25) is 0 Å². The number of nitrogens with zero attached hydrogens (tertiary/aromatic N) is 3. The van der Waals surface area contributed by atoms with Crippen LogP contribution < -0.4 is 0 Å². The Labute approximate surface area is 108 Å². The van der Waals surface area contributed by atoms with Gasteiger partial charge in [-0.25, -0.2) is 4.98 Å². The molecular weight excluding hydrogens is 230 g/mol. The average Bonchev–Trinajstić information content (AvgIpc) is 2.52. The minimum Gasteiger partial charge on any atom is -0.323 e. The van der Waals surface area contributed by atoms with E-state index in [1.807, 2.05) is 0 Å². The van der Waals surface area contributed by atoms with Gasteiger partial charge in [-0.1, -0.05) is 25.6 Å². The first-order chi connectivity index (χ1) is 8.06. The van der Waals surface area contributed by atoms with E-state index in [9.17, 15) is 0 Å². The predicted octanol–water partition coefficient (Wildman–Crippen LogP) is 3.55. The van der Waals surface area contributed by atoms with Crippen LogP contribution >= 0.6 is 11.8 Å². The molecule has 1 heterocycles. The summed E-state index contributed by atoms with van der Waals surface area (Å²) < 4.78 is 2.30. The lowest BCUT2D eigenvalue weighted by molar-refractivity contribution is 0.486. The molecule has 0 amide bonds. The molecule has 0 bridgehead atoms. The van der Waals surface area contributed by atoms with Gasteiger partial charge in [0.1, 0.15) is 0 Å². The zero-order valence-corrected chi connectivity index (χ0v) is 12.0. The van der Waals surface area contributed by atoms with Crippen molar-refractivity contribution >= 4 is 11.8 Å². The third kappa shape index (κ3) is 4.08. The summed E-state index contributed by atoms with van der Waals surface area (Å²) in [5.74, 6) is 1.60. The van der Waals surface area contributed by atoms with E-state index in [2.05, 4.69) is 43.3 Å². The number of aromatic nitrogens is 2. The molecule has 0 atom stereocenters. The van der Waals surface area contributed by atoms with E-state index in [0.717, 1.165) is 29.6 Å². The Morgan fingerprint density at radius 3 is 2.71 bits per heavy atom. The quantitative estimate of drug-likeness (QED) is 0.573. The van der Waals surface area contributed by atoms with Gasteiger partial charge in [-0.3, -0.25) is 0 Å². The van der Waals surface area contributed by atoms with Crippen molar-refractivity contribution < 1.29 is 0 Å². The van der Waals surface area contributed by atoms with Crippen LogP contribution in [0.25, 0.3) is 0 Å². The van der Waals surface area contributed by atoms with Crippen molar-refractivity contribution in [1.82, 2.24) is 9.55 Å². The second kappa shape index (κ2) is 6.70. The molecule has 0 aliphatic heterocycles. The third-order valence-corrected chi connectivity index (χ3v) is 3.70. The highest BCUT2D eigenvalue weighted by atomic mass is 32.2. The van der Waals surface area contributed by atoms with Gasteiger partial charge in [-0.2, -0.15) is 5.26 Å². The van der Waals surface area contributed by atoms with Gasteiger partial charge in [0, 0.05) is 24.4 Å². The number of hydrogen-bond donors (Lipinski definition) is 0. The minimum absolute atomic E-state index is 0.626. The summed E-state index contributed by atoms with van der Waals surface area (Å²) >= 11 is 1.76. The van der Waals surface area contributed by atoms with Crippen LogP contribution in [0.1, 0.15) is 38.1 Å². The first kappa shape index (κ1) is 14.1. The Morgan fingerprint density at radius 1 is 1.41 bits per heavy atom. The second-order valence-electron chi connectivity index (χ2n) is 4.68. The topological polar surface area (TPSA) is 41.6 Å². The second-order valence-corrected chi connectivity index (χ2v) is 5.74. The summed E-state index contributed by atoms with van der Waals surface area (Å²) in [5.41, 5.74) is 2.38. The Morgan fingerprint density at radius 2 is 2.12 bits per heavy atom. The van der Waals surface area contributed by atoms with Crippen molar-refractivity contribution in [3.05, 3.63) is 11.4 Å². The summed E-state index contributed by atoms with van der Waals surface area (Å²) in [5, 5.41) is 9.61. The van der Waals surface area contributed by atoms with E-state index in [0.29, 0.717) is 12.3 Å². The highest BCUT2D eigenvalue weighted by Crippen LogP contribution is 2.23. The summed E-state index contributed by atoms with van der Waals surface area (Å²) in [6.45, 7) is 9.65. The number of thioether (sulfide) groups is 1. The molecule has 0 fully saturated rings. The van der Waals surface area contributed by atoms with Crippen LogP contribution in [0.15, 0.2) is 5.16 Å². The molecule has 0 N–H and O–H groups in total. The lowest BCUT2D eigenvalue weighted by Gasteiger charge is -2.11. The fourth-order valence-electron chi connectivity index (χ4n) is 1.63. The van der Waals surface area contributed by atoms with Crippen LogP contribution in [-0.2, 0) is 6.54 Å². The molecule has 1 rings (SSSR count). The molecule has 4 heteroatoms. The van der Waals surface area contributed by atoms with Crippen molar-refractivity contribution in [3.63, 3.8) is 0 Å². The number of unbranched alkanes of at least 4 members (excludes halogenated alkanes) is 1. The maximum Gasteiger partial charge on any atom is 0.168 e. The first-order valence-corrected chi connectivity index (χ1v) is 7.08. The fourth-order valence-corrected chi connectivity index (χ4v) is 2.67. The zero-order chi connectivity index (χ0) is 12.8. The van der Waals surface area contributed by atoms with Gasteiger partial charge in [0.05, 0.1) is 11.8 Å². The average molecular weight is 251 g/mol. The van der Waals surface area contributed by atoms with E-state index >= 15 is 0 Å². The smallest absolute Gasteiger partial charge is 0.168 e. The number of rotatable bonds is 6. The number of hydrogen-bond acceptors (Lipinski definition) is 3. The summed E-state index contributed by atoms with van der Waals surface area (Å²) in [4.78, 5) is 4.60. The van der Waals surface area contributed by atoms with Crippen LogP contribution in [-0.4, -0.2) is 15.3 Å². The summed E-state index contributed by atoms with van der Waals surface area (Å²) in [6, 6.07) is 2.18. The van der Waals surface area contributed by atoms with Crippen LogP contribution in [0.5, 0.6) is 0 Å². The molecule has 0 spiro atoms. The van der Waals surface area contributed by atoms with Crippen molar-refractivity contribution in [1.29, 1.82) is 5.26 Å². The maximum atomic E-state index is 8.51. The van der Waals surface area contributed by atoms with Crippen molar-refractivity contribution in [3.8, 4) is 6.07 Å². The Bertz CT molecular complexity index is 402. The van der Waals surface area contributed by atoms with Crippen molar-refractivity contribution in [2.75, 3.05) is 5.75 Å². The predicted molar refractivity (Wildman–Crippen MR) is 72.1 cm³/mol. The van der Waals surface area contributed by atoms with Gasteiger partial charge < -0.3 is 4.57 Å². The van der Waals surface area contributed by atoms with Gasteiger partial charge >= 0.3 is 0 Å². The molecule has 0 aromatic carbocycles. The van der Waals surface area contributed by atoms with Crippen molar-refractivity contribution in [2.45, 2.75) is 52.2 Å². The lowest BCUT2D eigenvalue weighted by Crippen LogP contribution is -2.07. The number of imidazole rings is 1.